The van der Waals surface area contributed by atoms with Gasteiger partial charge in [0.05, 0.1) is 22.3 Å². The fourth-order valence-corrected chi connectivity index (χ4v) is 4.45. The molecule has 2 saturated heterocycles. The van der Waals surface area contributed by atoms with Gasteiger partial charge in [-0.25, -0.2) is 9.96 Å². The molecule has 0 N–H and O–H groups in total. The van der Waals surface area contributed by atoms with Crippen LogP contribution in [0.2, 0.25) is 0 Å². The van der Waals surface area contributed by atoms with Crippen molar-refractivity contribution in [3.05, 3.63) is 99.0 Å². The highest BCUT2D eigenvalue weighted by molar-refractivity contribution is 9.10. The number of hydrogen-bond donors (Lipinski definition) is 0. The maximum absolute atomic E-state index is 13.5. The number of carbonyl (C=O) groups is 2. The third-order valence-electron chi connectivity index (χ3n) is 5.66. The van der Waals surface area contributed by atoms with Crippen LogP contribution in [0.4, 0.5) is 17.1 Å². The second kappa shape index (κ2) is 7.85. The Morgan fingerprint density at radius 2 is 1.50 bits per heavy atom. The van der Waals surface area contributed by atoms with Crippen LogP contribution in [0.15, 0.2) is 83.3 Å². The second-order valence-corrected chi connectivity index (χ2v) is 8.41. The van der Waals surface area contributed by atoms with E-state index in [-0.39, 0.29) is 11.4 Å². The third kappa shape index (κ3) is 3.26. The first-order valence-corrected chi connectivity index (χ1v) is 10.6. The molecule has 3 aromatic rings. The van der Waals surface area contributed by atoms with Gasteiger partial charge >= 0.3 is 0 Å². The number of benzene rings is 3. The molecule has 2 aliphatic heterocycles. The maximum Gasteiger partial charge on any atom is 0.269 e. The summed E-state index contributed by atoms with van der Waals surface area (Å²) in [7, 11) is 0. The summed E-state index contributed by atoms with van der Waals surface area (Å²) < 4.78 is 0.893. The van der Waals surface area contributed by atoms with Crippen LogP contribution in [-0.4, -0.2) is 22.8 Å². The molecule has 32 heavy (non-hydrogen) atoms. The van der Waals surface area contributed by atoms with E-state index in [4.69, 9.17) is 4.84 Å². The quantitative estimate of drug-likeness (QED) is 0.303. The van der Waals surface area contributed by atoms with Gasteiger partial charge in [0, 0.05) is 16.6 Å². The summed E-state index contributed by atoms with van der Waals surface area (Å²) in [6, 6.07) is 21.7. The Kier molecular flexibility index (Phi) is 4.99. The van der Waals surface area contributed by atoms with Crippen LogP contribution in [-0.2, 0) is 14.4 Å². The van der Waals surface area contributed by atoms with Crippen LogP contribution in [0.25, 0.3) is 0 Å². The highest BCUT2D eigenvalue weighted by Crippen LogP contribution is 2.47. The Morgan fingerprint density at radius 3 is 2.12 bits per heavy atom. The molecule has 2 fully saturated rings. The molecule has 0 spiro atoms. The topological polar surface area (TPSA) is 93.0 Å². The van der Waals surface area contributed by atoms with Crippen LogP contribution in [0, 0.1) is 16.0 Å². The van der Waals surface area contributed by atoms with Gasteiger partial charge in [-0.3, -0.25) is 24.5 Å². The number of halogens is 1. The SMILES string of the molecule is O=C1C2ON(c3ccccc3)C(c3ccc(Br)cc3)C2C(=O)N1c1ccc([N+](=O)[O-])cc1. The summed E-state index contributed by atoms with van der Waals surface area (Å²) in [6.07, 6.45) is -0.994. The average Bonchev–Trinajstić information content (AvgIpc) is 3.31. The standard InChI is InChI=1S/C23H16BrN3O5/c24-15-8-6-14(7-9-15)20-19-21(32-26(20)17-4-2-1-3-5-17)23(29)25(22(19)28)16-10-12-18(13-11-16)27(30)31/h1-13,19-21H. The molecule has 8 nitrogen and oxygen atoms in total. The first-order valence-electron chi connectivity index (χ1n) is 9.84. The van der Waals surface area contributed by atoms with Gasteiger partial charge in [0.15, 0.2) is 6.10 Å². The van der Waals surface area contributed by atoms with Crippen LogP contribution in [0.3, 0.4) is 0 Å². The summed E-state index contributed by atoms with van der Waals surface area (Å²) in [5, 5.41) is 12.6. The van der Waals surface area contributed by atoms with Gasteiger partial charge < -0.3 is 0 Å². The minimum Gasteiger partial charge on any atom is -0.273 e. The van der Waals surface area contributed by atoms with E-state index in [2.05, 4.69) is 15.9 Å². The van der Waals surface area contributed by atoms with E-state index in [9.17, 15) is 19.7 Å². The van der Waals surface area contributed by atoms with E-state index >= 15 is 0 Å². The van der Waals surface area contributed by atoms with Gasteiger partial charge in [-0.2, -0.15) is 0 Å². The summed E-state index contributed by atoms with van der Waals surface area (Å²) in [5.41, 5.74) is 1.73. The minimum absolute atomic E-state index is 0.118. The van der Waals surface area contributed by atoms with Crippen molar-refractivity contribution < 1.29 is 19.3 Å². The molecule has 2 amide bonds. The van der Waals surface area contributed by atoms with E-state index in [0.29, 0.717) is 0 Å². The third-order valence-corrected chi connectivity index (χ3v) is 6.19. The number of hydroxylamine groups is 1. The summed E-state index contributed by atoms with van der Waals surface area (Å²) in [4.78, 5) is 44.3. The van der Waals surface area contributed by atoms with Crippen molar-refractivity contribution in [2.45, 2.75) is 12.1 Å². The van der Waals surface area contributed by atoms with Crippen LogP contribution < -0.4 is 9.96 Å². The minimum atomic E-state index is -0.994. The number of para-hydroxylation sites is 1. The van der Waals surface area contributed by atoms with Crippen molar-refractivity contribution in [3.63, 3.8) is 0 Å². The number of anilines is 2. The van der Waals surface area contributed by atoms with Gasteiger partial charge in [0.1, 0.15) is 5.92 Å². The van der Waals surface area contributed by atoms with Crippen molar-refractivity contribution >= 4 is 44.8 Å². The zero-order valence-corrected chi connectivity index (χ0v) is 18.1. The molecule has 0 saturated carbocycles. The molecule has 5 rings (SSSR count). The fraction of sp³-hybridized carbons (Fsp3) is 0.130. The van der Waals surface area contributed by atoms with Gasteiger partial charge in [0.2, 0.25) is 5.91 Å². The Hall–Kier alpha value is -3.56. The van der Waals surface area contributed by atoms with Crippen LogP contribution in [0.5, 0.6) is 0 Å². The Balaban J connectivity index is 1.55. The molecule has 0 radical (unpaired) electrons. The fourth-order valence-electron chi connectivity index (χ4n) is 4.19. The Bertz CT molecular complexity index is 1200. The van der Waals surface area contributed by atoms with E-state index in [1.165, 1.54) is 24.3 Å². The molecule has 2 aliphatic rings. The Labute approximate surface area is 191 Å². The molecule has 0 aliphatic carbocycles. The highest BCUT2D eigenvalue weighted by Gasteiger charge is 2.60. The van der Waals surface area contributed by atoms with Crippen LogP contribution >= 0.6 is 15.9 Å². The molecule has 9 heteroatoms. The van der Waals surface area contributed by atoms with E-state index in [0.717, 1.165) is 20.6 Å². The largest absolute Gasteiger partial charge is 0.273 e. The summed E-state index contributed by atoms with van der Waals surface area (Å²) in [6.45, 7) is 0. The smallest absolute Gasteiger partial charge is 0.269 e. The lowest BCUT2D eigenvalue weighted by molar-refractivity contribution is -0.384. The zero-order chi connectivity index (χ0) is 22.4. The van der Waals surface area contributed by atoms with Gasteiger partial charge in [-0.15, -0.1) is 0 Å². The molecule has 3 unspecified atom stereocenters. The number of imide groups is 1. The van der Waals surface area contributed by atoms with Crippen molar-refractivity contribution in [1.29, 1.82) is 0 Å². The first-order chi connectivity index (χ1) is 15.5. The van der Waals surface area contributed by atoms with E-state index in [1.54, 1.807) is 5.06 Å². The monoisotopic (exact) mass is 493 g/mol. The number of carbonyl (C=O) groups excluding carboxylic acids is 2. The van der Waals surface area contributed by atoms with Crippen molar-refractivity contribution in [2.24, 2.45) is 5.92 Å². The lowest BCUT2D eigenvalue weighted by atomic mass is 9.90. The van der Waals surface area contributed by atoms with Gasteiger partial charge in [-0.1, -0.05) is 46.3 Å². The number of nitro groups is 1. The summed E-state index contributed by atoms with van der Waals surface area (Å²) in [5.74, 6) is -1.66. The van der Waals surface area contributed by atoms with Gasteiger partial charge in [0.25, 0.3) is 11.6 Å². The van der Waals surface area contributed by atoms with E-state index < -0.39 is 34.8 Å². The second-order valence-electron chi connectivity index (χ2n) is 7.49. The van der Waals surface area contributed by atoms with Crippen LogP contribution in [0.1, 0.15) is 11.6 Å². The molecular formula is C23H16BrN3O5. The number of amides is 2. The lowest BCUT2D eigenvalue weighted by Gasteiger charge is -2.28. The molecule has 0 aromatic heterocycles. The first kappa shape index (κ1) is 20.3. The summed E-state index contributed by atoms with van der Waals surface area (Å²) >= 11 is 3.43. The van der Waals surface area contributed by atoms with Crippen molar-refractivity contribution in [1.82, 2.24) is 0 Å². The molecule has 160 valence electrons. The number of nitrogens with zero attached hydrogens (tertiary/aromatic N) is 3. The number of hydrogen-bond acceptors (Lipinski definition) is 6. The molecule has 3 aromatic carbocycles. The molecular weight excluding hydrogens is 478 g/mol. The normalized spacial score (nSPS) is 22.3. The van der Waals surface area contributed by atoms with Crippen molar-refractivity contribution in [3.8, 4) is 0 Å². The lowest BCUT2D eigenvalue weighted by Crippen LogP contribution is -2.37. The molecule has 0 bridgehead atoms. The zero-order valence-electron chi connectivity index (χ0n) is 16.5. The van der Waals surface area contributed by atoms with Crippen molar-refractivity contribution in [2.75, 3.05) is 9.96 Å². The maximum atomic E-state index is 13.5. The Morgan fingerprint density at radius 1 is 0.844 bits per heavy atom. The average molecular weight is 494 g/mol. The van der Waals surface area contributed by atoms with E-state index in [1.807, 2.05) is 54.6 Å². The predicted molar refractivity (Wildman–Crippen MR) is 120 cm³/mol. The number of fused-ring (bicyclic) bond motifs is 1. The number of rotatable bonds is 4. The van der Waals surface area contributed by atoms with Gasteiger partial charge in [-0.05, 0) is 42.0 Å². The highest BCUT2D eigenvalue weighted by atomic mass is 79.9. The number of nitro benzene ring substituents is 1. The molecule has 3 atom stereocenters. The molecule has 2 heterocycles. The number of non-ortho nitro benzene ring substituents is 1. The predicted octanol–water partition coefficient (Wildman–Crippen LogP) is 4.41.